The average molecular weight is 613 g/mol. The Morgan fingerprint density at radius 2 is 1.70 bits per heavy atom. The molecule has 0 fully saturated rings. The van der Waals surface area contributed by atoms with Crippen molar-refractivity contribution >= 4 is 50.2 Å². The lowest BCUT2D eigenvalue weighted by molar-refractivity contribution is -0.130. The molecule has 0 bridgehead atoms. The standard InChI is InChI=1S/C33H27BrFN3OS/c1-22-6-10-25(11-7-22)31-18-29(24-12-14-26(34)15-13-24)36-38(31)33(39)21-40-32-20-37(30-5-3-2-4-28(30)32)19-23-8-16-27(35)17-9-23/h2-17,20,31H,18-19,21H2,1H3. The highest BCUT2D eigenvalue weighted by atomic mass is 79.9. The summed E-state index contributed by atoms with van der Waals surface area (Å²) in [6.45, 7) is 2.69. The van der Waals surface area contributed by atoms with E-state index in [1.165, 1.54) is 29.5 Å². The van der Waals surface area contributed by atoms with Gasteiger partial charge < -0.3 is 4.57 Å². The third-order valence-corrected chi connectivity index (χ3v) is 8.73. The molecule has 0 saturated carbocycles. The Labute approximate surface area is 245 Å². The number of fused-ring (bicyclic) bond motifs is 1. The molecule has 0 saturated heterocycles. The van der Waals surface area contributed by atoms with Gasteiger partial charge in [-0.15, -0.1) is 11.8 Å². The van der Waals surface area contributed by atoms with Crippen molar-refractivity contribution in [2.24, 2.45) is 5.10 Å². The Kier molecular flexibility index (Phi) is 7.59. The van der Waals surface area contributed by atoms with Gasteiger partial charge in [0, 0.05) is 39.4 Å². The van der Waals surface area contributed by atoms with Gasteiger partial charge in [0.05, 0.1) is 17.5 Å². The van der Waals surface area contributed by atoms with E-state index in [1.807, 2.05) is 36.4 Å². The maximum Gasteiger partial charge on any atom is 0.253 e. The summed E-state index contributed by atoms with van der Waals surface area (Å²) in [6, 6.07) is 31.0. The smallest absolute Gasteiger partial charge is 0.253 e. The topological polar surface area (TPSA) is 37.6 Å². The number of carbonyl (C=O) groups is 1. The van der Waals surface area contributed by atoms with Crippen LogP contribution in [0.2, 0.25) is 0 Å². The fourth-order valence-corrected chi connectivity index (χ4v) is 6.26. The van der Waals surface area contributed by atoms with Gasteiger partial charge in [-0.3, -0.25) is 4.79 Å². The van der Waals surface area contributed by atoms with Gasteiger partial charge in [0.1, 0.15) is 5.82 Å². The highest BCUT2D eigenvalue weighted by Crippen LogP contribution is 2.36. The second-order valence-electron chi connectivity index (χ2n) is 9.98. The van der Waals surface area contributed by atoms with Crippen LogP contribution in [0.1, 0.15) is 34.7 Å². The molecular formula is C33H27BrFN3OS. The van der Waals surface area contributed by atoms with Gasteiger partial charge in [0.25, 0.3) is 5.91 Å². The van der Waals surface area contributed by atoms with Crippen LogP contribution in [-0.4, -0.2) is 26.9 Å². The van der Waals surface area contributed by atoms with Crippen molar-refractivity contribution in [1.29, 1.82) is 0 Å². The fraction of sp³-hybridized carbons (Fsp3) is 0.152. The lowest BCUT2D eigenvalue weighted by Crippen LogP contribution is -2.28. The lowest BCUT2D eigenvalue weighted by atomic mass is 9.98. The number of halogens is 2. The molecule has 0 N–H and O–H groups in total. The van der Waals surface area contributed by atoms with E-state index in [9.17, 15) is 9.18 Å². The first-order chi connectivity index (χ1) is 19.4. The first-order valence-electron chi connectivity index (χ1n) is 13.1. The van der Waals surface area contributed by atoms with Crippen LogP contribution in [-0.2, 0) is 11.3 Å². The normalized spacial score (nSPS) is 15.0. The minimum Gasteiger partial charge on any atom is -0.342 e. The Hall–Kier alpha value is -3.68. The number of hydrazone groups is 1. The van der Waals surface area contributed by atoms with Gasteiger partial charge in [-0.2, -0.15) is 5.10 Å². The van der Waals surface area contributed by atoms with Crippen LogP contribution in [0.25, 0.3) is 10.9 Å². The molecule has 0 aliphatic carbocycles. The van der Waals surface area contributed by atoms with Crippen molar-refractivity contribution in [2.75, 3.05) is 5.75 Å². The molecule has 200 valence electrons. The van der Waals surface area contributed by atoms with Crippen LogP contribution in [0, 0.1) is 12.7 Å². The molecule has 1 unspecified atom stereocenters. The number of thioether (sulfide) groups is 1. The predicted octanol–water partition coefficient (Wildman–Crippen LogP) is 8.37. The van der Waals surface area contributed by atoms with Crippen molar-refractivity contribution in [3.05, 3.63) is 136 Å². The molecule has 1 amide bonds. The number of para-hydroxylation sites is 1. The van der Waals surface area contributed by atoms with E-state index in [0.29, 0.717) is 13.0 Å². The molecule has 40 heavy (non-hydrogen) atoms. The summed E-state index contributed by atoms with van der Waals surface area (Å²) < 4.78 is 16.6. The van der Waals surface area contributed by atoms with Gasteiger partial charge >= 0.3 is 0 Å². The van der Waals surface area contributed by atoms with Crippen LogP contribution in [0.15, 0.2) is 118 Å². The molecule has 1 aromatic heterocycles. The minimum absolute atomic E-state index is 0.0296. The van der Waals surface area contributed by atoms with Crippen molar-refractivity contribution in [3.8, 4) is 0 Å². The molecule has 7 heteroatoms. The highest BCUT2D eigenvalue weighted by molar-refractivity contribution is 9.10. The average Bonchev–Trinajstić information content (AvgIpc) is 3.56. The number of hydrogen-bond acceptors (Lipinski definition) is 3. The first kappa shape index (κ1) is 26.5. The third-order valence-electron chi connectivity index (χ3n) is 7.17. The van der Waals surface area contributed by atoms with Crippen molar-refractivity contribution < 1.29 is 9.18 Å². The van der Waals surface area contributed by atoms with Gasteiger partial charge in [0.2, 0.25) is 0 Å². The second kappa shape index (κ2) is 11.4. The SMILES string of the molecule is Cc1ccc(C2CC(c3ccc(Br)cc3)=NN2C(=O)CSc2cn(Cc3ccc(F)cc3)c3ccccc23)cc1. The summed E-state index contributed by atoms with van der Waals surface area (Å²) in [5, 5.41) is 7.62. The van der Waals surface area contributed by atoms with Gasteiger partial charge in [-0.05, 0) is 53.9 Å². The van der Waals surface area contributed by atoms with Gasteiger partial charge in [0.15, 0.2) is 0 Å². The lowest BCUT2D eigenvalue weighted by Gasteiger charge is -2.22. The number of hydrogen-bond donors (Lipinski definition) is 0. The number of amides is 1. The molecule has 5 aromatic rings. The monoisotopic (exact) mass is 611 g/mol. The zero-order chi connectivity index (χ0) is 27.6. The summed E-state index contributed by atoms with van der Waals surface area (Å²) in [6.07, 6.45) is 2.75. The van der Waals surface area contributed by atoms with Gasteiger partial charge in [-0.1, -0.05) is 88.2 Å². The number of carbonyl (C=O) groups excluding carboxylic acids is 1. The molecule has 2 heterocycles. The van der Waals surface area contributed by atoms with Crippen LogP contribution in [0.4, 0.5) is 4.39 Å². The van der Waals surface area contributed by atoms with Crippen molar-refractivity contribution in [3.63, 3.8) is 0 Å². The first-order valence-corrected chi connectivity index (χ1v) is 14.9. The molecular weight excluding hydrogens is 585 g/mol. The molecule has 4 aromatic carbocycles. The Bertz CT molecular complexity index is 1700. The number of nitrogens with zero attached hydrogens (tertiary/aromatic N) is 3. The summed E-state index contributed by atoms with van der Waals surface area (Å²) in [4.78, 5) is 14.8. The van der Waals surface area contributed by atoms with E-state index in [-0.39, 0.29) is 23.5 Å². The highest BCUT2D eigenvalue weighted by Gasteiger charge is 2.33. The molecule has 1 aliphatic heterocycles. The predicted molar refractivity (Wildman–Crippen MR) is 164 cm³/mol. The Balaban J connectivity index is 1.25. The Morgan fingerprint density at radius 1 is 0.975 bits per heavy atom. The van der Waals surface area contributed by atoms with Crippen LogP contribution in [0.5, 0.6) is 0 Å². The number of rotatable bonds is 7. The van der Waals surface area contributed by atoms with Crippen LogP contribution < -0.4 is 0 Å². The number of benzene rings is 4. The van der Waals surface area contributed by atoms with E-state index in [1.54, 1.807) is 17.1 Å². The number of aryl methyl sites for hydroxylation is 1. The van der Waals surface area contributed by atoms with E-state index in [0.717, 1.165) is 42.7 Å². The minimum atomic E-state index is -0.243. The zero-order valence-electron chi connectivity index (χ0n) is 21.9. The summed E-state index contributed by atoms with van der Waals surface area (Å²) in [5.41, 5.74) is 6.29. The van der Waals surface area contributed by atoms with Gasteiger partial charge in [-0.25, -0.2) is 9.40 Å². The van der Waals surface area contributed by atoms with E-state index in [4.69, 9.17) is 5.10 Å². The maximum absolute atomic E-state index is 13.7. The molecule has 6 rings (SSSR count). The number of aromatic nitrogens is 1. The summed E-state index contributed by atoms with van der Waals surface area (Å²) in [7, 11) is 0. The molecule has 0 radical (unpaired) electrons. The van der Waals surface area contributed by atoms with Crippen molar-refractivity contribution in [1.82, 2.24) is 9.58 Å². The molecule has 1 atom stereocenters. The Morgan fingerprint density at radius 3 is 2.45 bits per heavy atom. The van der Waals surface area contributed by atoms with E-state index < -0.39 is 0 Å². The molecule has 4 nitrogen and oxygen atoms in total. The molecule has 1 aliphatic rings. The zero-order valence-corrected chi connectivity index (χ0v) is 24.3. The van der Waals surface area contributed by atoms with Crippen LogP contribution >= 0.6 is 27.7 Å². The third kappa shape index (κ3) is 5.62. The van der Waals surface area contributed by atoms with Crippen LogP contribution in [0.3, 0.4) is 0 Å². The maximum atomic E-state index is 13.7. The quantitative estimate of drug-likeness (QED) is 0.173. The largest absolute Gasteiger partial charge is 0.342 e. The van der Waals surface area contributed by atoms with E-state index >= 15 is 0 Å². The summed E-state index contributed by atoms with van der Waals surface area (Å²) in [5.74, 6) is -0.00458. The second-order valence-corrected chi connectivity index (χ2v) is 11.9. The molecule has 0 spiro atoms. The van der Waals surface area contributed by atoms with E-state index in [2.05, 4.69) is 70.0 Å². The summed E-state index contributed by atoms with van der Waals surface area (Å²) >= 11 is 5.03. The fourth-order valence-electron chi connectivity index (χ4n) is 5.06. The van der Waals surface area contributed by atoms with Crippen molar-refractivity contribution in [2.45, 2.75) is 30.8 Å².